The summed E-state index contributed by atoms with van der Waals surface area (Å²) in [6.45, 7) is 0. The Bertz CT molecular complexity index is 953. The van der Waals surface area contributed by atoms with Crippen molar-refractivity contribution in [1.82, 2.24) is 4.57 Å². The van der Waals surface area contributed by atoms with Crippen LogP contribution in [0.2, 0.25) is 0 Å². The number of para-hydroxylation sites is 1. The molecule has 0 atom stereocenters. The van der Waals surface area contributed by atoms with Crippen molar-refractivity contribution < 1.29 is 9.18 Å². The molecule has 22 heavy (non-hydrogen) atoms. The lowest BCUT2D eigenvalue weighted by atomic mass is 10.0. The molecule has 4 rings (SSSR count). The Labute approximate surface area is 126 Å². The average molecular weight is 292 g/mol. The number of fused-ring (bicyclic) bond motifs is 2. The van der Waals surface area contributed by atoms with Gasteiger partial charge in [-0.05, 0) is 30.3 Å². The molecular weight excluding hydrogens is 279 g/mol. The molecule has 0 aliphatic carbocycles. The van der Waals surface area contributed by atoms with Crippen molar-refractivity contribution in [2.75, 3.05) is 5.32 Å². The molecule has 0 radical (unpaired) electrons. The molecule has 0 fully saturated rings. The monoisotopic (exact) mass is 292 g/mol. The minimum absolute atomic E-state index is 0.200. The van der Waals surface area contributed by atoms with Gasteiger partial charge in [-0.15, -0.1) is 0 Å². The minimum atomic E-state index is -0.348. The summed E-state index contributed by atoms with van der Waals surface area (Å²) in [5, 5.41) is 3.83. The number of nitrogens with zero attached hydrogens (tertiary/aromatic N) is 1. The quantitative estimate of drug-likeness (QED) is 0.680. The Hall–Kier alpha value is -2.88. The van der Waals surface area contributed by atoms with Gasteiger partial charge in [0.25, 0.3) is 5.91 Å². The highest BCUT2D eigenvalue weighted by molar-refractivity contribution is 6.35. The molecule has 1 N–H and O–H groups in total. The molecular formula is C18H13FN2O. The van der Waals surface area contributed by atoms with Gasteiger partial charge in [-0.25, -0.2) is 4.39 Å². The Morgan fingerprint density at radius 3 is 2.86 bits per heavy atom. The highest BCUT2D eigenvalue weighted by Crippen LogP contribution is 2.34. The van der Waals surface area contributed by atoms with Gasteiger partial charge in [-0.2, -0.15) is 0 Å². The molecule has 2 aromatic carbocycles. The Morgan fingerprint density at radius 1 is 1.18 bits per heavy atom. The van der Waals surface area contributed by atoms with Gasteiger partial charge in [0.2, 0.25) is 0 Å². The first kappa shape index (κ1) is 12.8. The molecule has 1 amide bonds. The van der Waals surface area contributed by atoms with Crippen LogP contribution in [-0.4, -0.2) is 10.5 Å². The molecule has 0 saturated heterocycles. The summed E-state index contributed by atoms with van der Waals surface area (Å²) in [4.78, 5) is 12.2. The summed E-state index contributed by atoms with van der Waals surface area (Å²) in [7, 11) is 1.96. The molecule has 1 aliphatic heterocycles. The summed E-state index contributed by atoms with van der Waals surface area (Å²) in [6, 6.07) is 12.3. The fraction of sp³-hybridized carbons (Fsp3) is 0.0556. The van der Waals surface area contributed by atoms with Crippen molar-refractivity contribution >= 4 is 34.1 Å². The van der Waals surface area contributed by atoms with E-state index in [4.69, 9.17) is 0 Å². The van der Waals surface area contributed by atoms with Crippen molar-refractivity contribution in [3.8, 4) is 0 Å². The third-order valence-electron chi connectivity index (χ3n) is 3.99. The Morgan fingerprint density at radius 2 is 2.00 bits per heavy atom. The molecule has 4 heteroatoms. The number of amides is 1. The SMILES string of the molecule is Cn1cc(C=C2C(=O)Nc3ccc(F)cc32)c2ccccc21. The molecule has 1 aromatic heterocycles. The molecule has 0 unspecified atom stereocenters. The molecule has 0 spiro atoms. The van der Waals surface area contributed by atoms with E-state index in [1.807, 2.05) is 48.2 Å². The smallest absolute Gasteiger partial charge is 0.256 e. The lowest BCUT2D eigenvalue weighted by Crippen LogP contribution is -2.03. The second kappa shape index (κ2) is 4.56. The van der Waals surface area contributed by atoms with Crippen LogP contribution in [0.3, 0.4) is 0 Å². The lowest BCUT2D eigenvalue weighted by molar-refractivity contribution is -0.110. The van der Waals surface area contributed by atoms with Crippen molar-refractivity contribution in [3.05, 3.63) is 65.6 Å². The second-order valence-electron chi connectivity index (χ2n) is 5.41. The number of aromatic nitrogens is 1. The van der Waals surface area contributed by atoms with Crippen LogP contribution in [-0.2, 0) is 11.8 Å². The van der Waals surface area contributed by atoms with Crippen LogP contribution in [0.15, 0.2) is 48.7 Å². The molecule has 0 bridgehead atoms. The summed E-state index contributed by atoms with van der Waals surface area (Å²) < 4.78 is 15.5. The Kier molecular flexibility index (Phi) is 2.66. The van der Waals surface area contributed by atoms with Gasteiger partial charge in [0.1, 0.15) is 5.82 Å². The third kappa shape index (κ3) is 1.84. The van der Waals surface area contributed by atoms with Crippen LogP contribution >= 0.6 is 0 Å². The molecule has 3 aromatic rings. The molecule has 1 aliphatic rings. The number of anilines is 1. The topological polar surface area (TPSA) is 34.0 Å². The fourth-order valence-corrected chi connectivity index (χ4v) is 2.95. The first-order valence-electron chi connectivity index (χ1n) is 7.00. The Balaban J connectivity index is 1.93. The number of hydrogen-bond acceptors (Lipinski definition) is 1. The van der Waals surface area contributed by atoms with Crippen LogP contribution in [0.4, 0.5) is 10.1 Å². The van der Waals surface area contributed by atoms with Crippen molar-refractivity contribution in [3.63, 3.8) is 0 Å². The van der Waals surface area contributed by atoms with E-state index in [2.05, 4.69) is 5.32 Å². The standard InChI is InChI=1S/C18H13FN2O/c1-21-10-11(13-4-2-3-5-17(13)21)8-15-14-9-12(19)6-7-16(14)20-18(15)22/h2-10H,1H3,(H,20,22). The van der Waals surface area contributed by atoms with E-state index in [-0.39, 0.29) is 11.7 Å². The van der Waals surface area contributed by atoms with Gasteiger partial charge >= 0.3 is 0 Å². The zero-order chi connectivity index (χ0) is 15.3. The largest absolute Gasteiger partial charge is 0.350 e. The van der Waals surface area contributed by atoms with E-state index in [1.54, 1.807) is 6.07 Å². The summed E-state index contributed by atoms with van der Waals surface area (Å²) >= 11 is 0. The first-order valence-corrected chi connectivity index (χ1v) is 7.00. The van der Waals surface area contributed by atoms with Crippen LogP contribution in [0, 0.1) is 5.82 Å². The first-order chi connectivity index (χ1) is 10.6. The predicted molar refractivity (Wildman–Crippen MR) is 85.8 cm³/mol. The van der Waals surface area contributed by atoms with Crippen molar-refractivity contribution in [2.24, 2.45) is 7.05 Å². The lowest BCUT2D eigenvalue weighted by Gasteiger charge is -1.98. The van der Waals surface area contributed by atoms with E-state index in [9.17, 15) is 9.18 Å². The number of rotatable bonds is 1. The van der Waals surface area contributed by atoms with Crippen molar-refractivity contribution in [1.29, 1.82) is 0 Å². The van der Waals surface area contributed by atoms with E-state index in [0.29, 0.717) is 16.8 Å². The van der Waals surface area contributed by atoms with Gasteiger partial charge in [-0.1, -0.05) is 18.2 Å². The zero-order valence-electron chi connectivity index (χ0n) is 11.9. The van der Waals surface area contributed by atoms with Gasteiger partial charge in [0, 0.05) is 46.5 Å². The summed E-state index contributed by atoms with van der Waals surface area (Å²) in [5.74, 6) is -0.549. The summed E-state index contributed by atoms with van der Waals surface area (Å²) in [5.41, 5.74) is 3.79. The van der Waals surface area contributed by atoms with Gasteiger partial charge in [0.05, 0.1) is 0 Å². The minimum Gasteiger partial charge on any atom is -0.350 e. The van der Waals surface area contributed by atoms with Gasteiger partial charge < -0.3 is 9.88 Å². The van der Waals surface area contributed by atoms with E-state index >= 15 is 0 Å². The predicted octanol–water partition coefficient (Wildman–Crippen LogP) is 3.81. The number of nitrogens with one attached hydrogen (secondary N) is 1. The average Bonchev–Trinajstić information content (AvgIpc) is 2.99. The maximum Gasteiger partial charge on any atom is 0.256 e. The fourth-order valence-electron chi connectivity index (χ4n) is 2.95. The van der Waals surface area contributed by atoms with E-state index in [0.717, 1.165) is 16.5 Å². The molecule has 3 nitrogen and oxygen atoms in total. The maximum absolute atomic E-state index is 13.5. The van der Waals surface area contributed by atoms with Gasteiger partial charge in [0.15, 0.2) is 0 Å². The number of aryl methyl sites for hydroxylation is 1. The molecule has 108 valence electrons. The highest BCUT2D eigenvalue weighted by Gasteiger charge is 2.24. The molecule has 0 saturated carbocycles. The third-order valence-corrected chi connectivity index (χ3v) is 3.99. The van der Waals surface area contributed by atoms with E-state index in [1.165, 1.54) is 12.1 Å². The van der Waals surface area contributed by atoms with Crippen molar-refractivity contribution in [2.45, 2.75) is 0 Å². The van der Waals surface area contributed by atoms with Crippen LogP contribution in [0.5, 0.6) is 0 Å². The summed E-state index contributed by atoms with van der Waals surface area (Å²) in [6.07, 6.45) is 3.80. The van der Waals surface area contributed by atoms with Crippen LogP contribution in [0.1, 0.15) is 11.1 Å². The van der Waals surface area contributed by atoms with Gasteiger partial charge in [-0.3, -0.25) is 4.79 Å². The number of carbonyl (C=O) groups is 1. The normalized spacial score (nSPS) is 15.4. The second-order valence-corrected chi connectivity index (χ2v) is 5.41. The highest BCUT2D eigenvalue weighted by atomic mass is 19.1. The van der Waals surface area contributed by atoms with Crippen LogP contribution in [0.25, 0.3) is 22.6 Å². The maximum atomic E-state index is 13.5. The molecule has 2 heterocycles. The zero-order valence-corrected chi connectivity index (χ0v) is 11.9. The number of halogens is 1. The van der Waals surface area contributed by atoms with Crippen LogP contribution < -0.4 is 5.32 Å². The van der Waals surface area contributed by atoms with E-state index < -0.39 is 0 Å². The number of hydrogen-bond donors (Lipinski definition) is 1. The number of carbonyl (C=O) groups excluding carboxylic acids is 1. The number of benzene rings is 2.